The molecule has 0 aliphatic heterocycles. The molecule has 0 radical (unpaired) electrons. The molecule has 0 unspecified atom stereocenters. The Bertz CT molecular complexity index is 445. The monoisotopic (exact) mass is 193 g/mol. The zero-order valence-electron chi connectivity index (χ0n) is 6.86. The largest absolute Gasteiger partial charge is 0.306 e. The Kier molecular flexibility index (Phi) is 2.92. The first kappa shape index (κ1) is 9.86. The number of halogens is 1. The average Bonchev–Trinajstić information content (AvgIpc) is 2.16. The third-order valence-electron chi connectivity index (χ3n) is 1.44. The van der Waals surface area contributed by atoms with E-state index in [0.29, 0.717) is 0 Å². The number of hydrogen-bond acceptors (Lipinski definition) is 3. The van der Waals surface area contributed by atoms with Crippen LogP contribution < -0.4 is 0 Å². The lowest BCUT2D eigenvalue weighted by molar-refractivity contribution is -0.387. The molecule has 0 aromatic heterocycles. The van der Waals surface area contributed by atoms with E-state index in [1.54, 1.807) is 0 Å². The number of benzene rings is 1. The lowest BCUT2D eigenvalue weighted by Gasteiger charge is -1.94. The molecule has 1 aromatic carbocycles. The van der Waals surface area contributed by atoms with Crippen LogP contribution in [0.1, 0.15) is 5.56 Å². The maximum Gasteiger partial charge on any atom is 0.306 e. The molecule has 1 rings (SSSR count). The molecule has 0 bridgehead atoms. The van der Waals surface area contributed by atoms with Crippen molar-refractivity contribution in [2.24, 2.45) is 0 Å². The zero-order valence-corrected chi connectivity index (χ0v) is 6.86. The molecule has 0 amide bonds. The molecule has 0 fully saturated rings. The lowest BCUT2D eigenvalue weighted by Crippen LogP contribution is -1.94. The maximum atomic E-state index is 13.2. The van der Waals surface area contributed by atoms with Crippen LogP contribution in [0.5, 0.6) is 0 Å². The summed E-state index contributed by atoms with van der Waals surface area (Å²) in [5.41, 5.74) is -0.811. The van der Waals surface area contributed by atoms with Crippen molar-refractivity contribution in [1.82, 2.24) is 0 Å². The highest BCUT2D eigenvalue weighted by Gasteiger charge is 2.15. The van der Waals surface area contributed by atoms with Crippen LogP contribution in [0.25, 0.3) is 0 Å². The lowest BCUT2D eigenvalue weighted by atomic mass is 10.2. The van der Waals surface area contributed by atoms with Gasteiger partial charge in [0.25, 0.3) is 0 Å². The van der Waals surface area contributed by atoms with Crippen molar-refractivity contribution in [3.05, 3.63) is 39.7 Å². The van der Waals surface area contributed by atoms with Crippen molar-refractivity contribution < 1.29 is 14.1 Å². The van der Waals surface area contributed by atoms with Gasteiger partial charge in [0, 0.05) is 6.07 Å². The molecule has 14 heavy (non-hydrogen) atoms. The SMILES string of the molecule is O=CC#Cc1cccc([N+](=O)[O-])c1F. The standard InChI is InChI=1S/C9H4FNO3/c10-9-7(4-2-6-12)3-1-5-8(9)11(13)14/h1,3,5-6H. The summed E-state index contributed by atoms with van der Waals surface area (Å²) < 4.78 is 13.2. The third kappa shape index (κ3) is 1.93. The third-order valence-corrected chi connectivity index (χ3v) is 1.44. The first-order valence-electron chi connectivity index (χ1n) is 3.55. The molecule has 5 heteroatoms. The van der Waals surface area contributed by atoms with Gasteiger partial charge in [-0.3, -0.25) is 14.9 Å². The molecule has 0 saturated heterocycles. The fourth-order valence-electron chi connectivity index (χ4n) is 0.865. The molecule has 0 atom stereocenters. The second kappa shape index (κ2) is 4.14. The number of hydrogen-bond donors (Lipinski definition) is 0. The summed E-state index contributed by atoms with van der Waals surface area (Å²) in [6.07, 6.45) is 0.290. The summed E-state index contributed by atoms with van der Waals surface area (Å²) in [4.78, 5) is 19.3. The van der Waals surface area contributed by atoms with Crippen molar-refractivity contribution in [3.8, 4) is 11.8 Å². The normalized spacial score (nSPS) is 8.64. The molecule has 0 aliphatic carbocycles. The van der Waals surface area contributed by atoms with Crippen molar-refractivity contribution in [3.63, 3.8) is 0 Å². The van der Waals surface area contributed by atoms with Crippen molar-refractivity contribution in [2.75, 3.05) is 0 Å². The fraction of sp³-hybridized carbons (Fsp3) is 0. The summed E-state index contributed by atoms with van der Waals surface area (Å²) in [5, 5.41) is 10.3. The topological polar surface area (TPSA) is 60.2 Å². The van der Waals surface area contributed by atoms with Crippen LogP contribution in [-0.2, 0) is 4.79 Å². The summed E-state index contributed by atoms with van der Waals surface area (Å²) in [6.45, 7) is 0. The molecule has 0 aliphatic rings. The van der Waals surface area contributed by atoms with Gasteiger partial charge in [-0.25, -0.2) is 0 Å². The zero-order chi connectivity index (χ0) is 10.6. The molecule has 4 nitrogen and oxygen atoms in total. The van der Waals surface area contributed by atoms with E-state index in [0.717, 1.165) is 6.07 Å². The molecular formula is C9H4FNO3. The van der Waals surface area contributed by atoms with E-state index in [4.69, 9.17) is 0 Å². The van der Waals surface area contributed by atoms with Gasteiger partial charge in [-0.05, 0) is 12.0 Å². The molecule has 0 heterocycles. The summed E-state index contributed by atoms with van der Waals surface area (Å²) in [7, 11) is 0. The highest BCUT2D eigenvalue weighted by atomic mass is 19.1. The second-order valence-electron chi connectivity index (χ2n) is 2.28. The van der Waals surface area contributed by atoms with Crippen LogP contribution in [0, 0.1) is 27.8 Å². The first-order chi connectivity index (χ1) is 6.66. The molecule has 0 N–H and O–H groups in total. The Hall–Kier alpha value is -2.22. The minimum Gasteiger partial charge on any atom is -0.289 e. The predicted molar refractivity (Wildman–Crippen MR) is 46.0 cm³/mol. The summed E-state index contributed by atoms with van der Waals surface area (Å²) in [5.74, 6) is 3.12. The van der Waals surface area contributed by atoms with Gasteiger partial charge in [0.15, 0.2) is 6.29 Å². The number of nitrogens with zero attached hydrogens (tertiary/aromatic N) is 1. The molecular weight excluding hydrogens is 189 g/mol. The van der Waals surface area contributed by atoms with E-state index in [1.165, 1.54) is 12.1 Å². The molecule has 0 saturated carbocycles. The quantitative estimate of drug-likeness (QED) is 0.292. The Morgan fingerprint density at radius 2 is 2.21 bits per heavy atom. The maximum absolute atomic E-state index is 13.2. The minimum absolute atomic E-state index is 0.161. The summed E-state index contributed by atoms with van der Waals surface area (Å²) >= 11 is 0. The Balaban J connectivity index is 3.27. The Morgan fingerprint density at radius 1 is 1.50 bits per heavy atom. The predicted octanol–water partition coefficient (Wildman–Crippen LogP) is 1.28. The van der Waals surface area contributed by atoms with Gasteiger partial charge in [-0.15, -0.1) is 0 Å². The molecule has 70 valence electrons. The van der Waals surface area contributed by atoms with E-state index in [2.05, 4.69) is 5.92 Å². The van der Waals surface area contributed by atoms with Crippen molar-refractivity contribution in [1.29, 1.82) is 0 Å². The van der Waals surface area contributed by atoms with Gasteiger partial charge in [0.1, 0.15) is 0 Å². The highest BCUT2D eigenvalue weighted by molar-refractivity contribution is 5.74. The van der Waals surface area contributed by atoms with E-state index in [1.807, 2.05) is 5.92 Å². The highest BCUT2D eigenvalue weighted by Crippen LogP contribution is 2.18. The summed E-state index contributed by atoms with van der Waals surface area (Å²) in [6, 6.07) is 3.59. The van der Waals surface area contributed by atoms with Crippen LogP contribution in [0.3, 0.4) is 0 Å². The van der Waals surface area contributed by atoms with Crippen LogP contribution in [-0.4, -0.2) is 11.2 Å². The van der Waals surface area contributed by atoms with E-state index >= 15 is 0 Å². The van der Waals surface area contributed by atoms with Gasteiger partial charge in [-0.2, -0.15) is 4.39 Å². The van der Waals surface area contributed by atoms with Gasteiger partial charge in [0.2, 0.25) is 5.82 Å². The molecule has 0 spiro atoms. The van der Waals surface area contributed by atoms with Crippen LogP contribution in [0.15, 0.2) is 18.2 Å². The van der Waals surface area contributed by atoms with Crippen LogP contribution in [0.2, 0.25) is 0 Å². The fourth-order valence-corrected chi connectivity index (χ4v) is 0.865. The minimum atomic E-state index is -1.02. The number of carbonyl (C=O) groups excluding carboxylic acids is 1. The van der Waals surface area contributed by atoms with Gasteiger partial charge in [-0.1, -0.05) is 12.0 Å². The smallest absolute Gasteiger partial charge is 0.289 e. The average molecular weight is 193 g/mol. The Morgan fingerprint density at radius 3 is 2.79 bits per heavy atom. The number of rotatable bonds is 1. The first-order valence-corrected chi connectivity index (χ1v) is 3.55. The number of aldehydes is 1. The number of nitro groups is 1. The van der Waals surface area contributed by atoms with Crippen LogP contribution in [0.4, 0.5) is 10.1 Å². The second-order valence-corrected chi connectivity index (χ2v) is 2.28. The Labute approximate surface area is 78.5 Å². The van der Waals surface area contributed by atoms with E-state index in [-0.39, 0.29) is 11.8 Å². The molecule has 1 aromatic rings. The number of carbonyl (C=O) groups is 1. The van der Waals surface area contributed by atoms with Crippen molar-refractivity contribution >= 4 is 12.0 Å². The van der Waals surface area contributed by atoms with Crippen LogP contribution >= 0.6 is 0 Å². The van der Waals surface area contributed by atoms with Gasteiger partial charge < -0.3 is 0 Å². The van der Waals surface area contributed by atoms with Gasteiger partial charge in [0.05, 0.1) is 10.5 Å². The van der Waals surface area contributed by atoms with Crippen molar-refractivity contribution in [2.45, 2.75) is 0 Å². The van der Waals surface area contributed by atoms with E-state index < -0.39 is 16.4 Å². The van der Waals surface area contributed by atoms with Gasteiger partial charge >= 0.3 is 5.69 Å². The van der Waals surface area contributed by atoms with E-state index in [9.17, 15) is 19.3 Å². The number of nitro benzene ring substituents is 1.